The topological polar surface area (TPSA) is 63.4 Å². The number of hydrogen-bond donors (Lipinski definition) is 1. The van der Waals surface area contributed by atoms with Crippen LogP contribution in [0.5, 0.6) is 0 Å². The highest BCUT2D eigenvalue weighted by Crippen LogP contribution is 2.33. The Bertz CT molecular complexity index is 332. The highest BCUT2D eigenvalue weighted by Gasteiger charge is 2.39. The van der Waals surface area contributed by atoms with Gasteiger partial charge in [0.05, 0.1) is 5.75 Å². The summed E-state index contributed by atoms with van der Waals surface area (Å²) in [5, 5.41) is 0. The zero-order valence-electron chi connectivity index (χ0n) is 11.3. The van der Waals surface area contributed by atoms with E-state index in [0.717, 1.165) is 25.7 Å². The molecule has 0 aliphatic heterocycles. The Morgan fingerprint density at radius 1 is 1.35 bits per heavy atom. The van der Waals surface area contributed by atoms with Gasteiger partial charge in [-0.15, -0.1) is 0 Å². The van der Waals surface area contributed by atoms with Gasteiger partial charge in [0.1, 0.15) is 0 Å². The van der Waals surface area contributed by atoms with E-state index in [1.807, 2.05) is 20.8 Å². The molecule has 0 bridgehead atoms. The van der Waals surface area contributed by atoms with Crippen LogP contribution in [-0.4, -0.2) is 37.1 Å². The SMILES string of the molecule is CCCN(C(C)(CC)CN)S(=O)(=O)CC1CC1. The van der Waals surface area contributed by atoms with E-state index < -0.39 is 15.6 Å². The lowest BCUT2D eigenvalue weighted by atomic mass is 9.99. The lowest BCUT2D eigenvalue weighted by Crippen LogP contribution is -2.54. The van der Waals surface area contributed by atoms with Crippen molar-refractivity contribution in [3.8, 4) is 0 Å². The summed E-state index contributed by atoms with van der Waals surface area (Å²) >= 11 is 0. The standard InChI is InChI=1S/C12H26N2O2S/c1-4-8-14(12(3,5-2)10-13)17(15,16)9-11-6-7-11/h11H,4-10,13H2,1-3H3. The second-order valence-electron chi connectivity index (χ2n) is 5.35. The van der Waals surface area contributed by atoms with Gasteiger partial charge in [0.2, 0.25) is 10.0 Å². The minimum atomic E-state index is -3.15. The summed E-state index contributed by atoms with van der Waals surface area (Å²) in [6.45, 7) is 6.92. The number of nitrogens with two attached hydrogens (primary N) is 1. The smallest absolute Gasteiger partial charge is 0.214 e. The Hall–Kier alpha value is -0.130. The first-order chi connectivity index (χ1) is 7.89. The number of nitrogens with zero attached hydrogens (tertiary/aromatic N) is 1. The molecule has 0 heterocycles. The molecule has 102 valence electrons. The van der Waals surface area contributed by atoms with Gasteiger partial charge >= 0.3 is 0 Å². The molecule has 0 radical (unpaired) electrons. The van der Waals surface area contributed by atoms with E-state index in [2.05, 4.69) is 0 Å². The van der Waals surface area contributed by atoms with Crippen LogP contribution in [0.15, 0.2) is 0 Å². The van der Waals surface area contributed by atoms with Gasteiger partial charge < -0.3 is 5.73 Å². The molecule has 1 fully saturated rings. The van der Waals surface area contributed by atoms with Crippen LogP contribution in [0.4, 0.5) is 0 Å². The first-order valence-corrected chi connectivity index (χ1v) is 8.21. The molecule has 0 aromatic rings. The monoisotopic (exact) mass is 262 g/mol. The molecule has 1 aliphatic rings. The summed E-state index contributed by atoms with van der Waals surface area (Å²) in [5.74, 6) is 0.695. The van der Waals surface area contributed by atoms with E-state index in [0.29, 0.717) is 24.8 Å². The van der Waals surface area contributed by atoms with Crippen molar-refractivity contribution in [2.45, 2.75) is 52.0 Å². The highest BCUT2D eigenvalue weighted by molar-refractivity contribution is 7.89. The Labute approximate surface area is 106 Å². The van der Waals surface area contributed by atoms with Gasteiger partial charge in [-0.1, -0.05) is 13.8 Å². The van der Waals surface area contributed by atoms with E-state index >= 15 is 0 Å². The van der Waals surface area contributed by atoms with Gasteiger partial charge in [-0.3, -0.25) is 0 Å². The average molecular weight is 262 g/mol. The molecule has 1 unspecified atom stereocenters. The normalized spacial score (nSPS) is 20.5. The summed E-state index contributed by atoms with van der Waals surface area (Å²) < 4.78 is 26.5. The third kappa shape index (κ3) is 3.66. The summed E-state index contributed by atoms with van der Waals surface area (Å²) in [7, 11) is -3.15. The second-order valence-corrected chi connectivity index (χ2v) is 7.29. The van der Waals surface area contributed by atoms with E-state index in [1.54, 1.807) is 4.31 Å². The number of sulfonamides is 1. The van der Waals surface area contributed by atoms with Crippen LogP contribution in [-0.2, 0) is 10.0 Å². The minimum Gasteiger partial charge on any atom is -0.329 e. The summed E-state index contributed by atoms with van der Waals surface area (Å²) in [5.41, 5.74) is 5.36. The van der Waals surface area contributed by atoms with Crippen molar-refractivity contribution in [3.63, 3.8) is 0 Å². The summed E-state index contributed by atoms with van der Waals surface area (Å²) in [6.07, 6.45) is 3.71. The fraction of sp³-hybridized carbons (Fsp3) is 1.00. The highest BCUT2D eigenvalue weighted by atomic mass is 32.2. The van der Waals surface area contributed by atoms with Crippen molar-refractivity contribution >= 4 is 10.0 Å². The minimum absolute atomic E-state index is 0.308. The third-order valence-electron chi connectivity index (χ3n) is 3.71. The predicted octanol–water partition coefficient (Wildman–Crippen LogP) is 1.57. The fourth-order valence-electron chi connectivity index (χ4n) is 2.04. The molecule has 0 spiro atoms. The van der Waals surface area contributed by atoms with Gasteiger partial charge in [0, 0.05) is 18.6 Å². The van der Waals surface area contributed by atoms with Crippen molar-refractivity contribution in [2.75, 3.05) is 18.8 Å². The van der Waals surface area contributed by atoms with Gasteiger partial charge in [0.25, 0.3) is 0 Å². The van der Waals surface area contributed by atoms with Gasteiger partial charge in [-0.05, 0) is 38.5 Å². The molecule has 0 aromatic carbocycles. The van der Waals surface area contributed by atoms with Crippen LogP contribution in [0.2, 0.25) is 0 Å². The first-order valence-electron chi connectivity index (χ1n) is 6.60. The van der Waals surface area contributed by atoms with Crippen molar-refractivity contribution in [1.29, 1.82) is 0 Å². The molecule has 17 heavy (non-hydrogen) atoms. The van der Waals surface area contributed by atoms with Gasteiger partial charge in [-0.2, -0.15) is 4.31 Å². The van der Waals surface area contributed by atoms with Crippen LogP contribution < -0.4 is 5.73 Å². The molecule has 2 N–H and O–H groups in total. The summed E-state index contributed by atoms with van der Waals surface area (Å²) in [4.78, 5) is 0. The van der Waals surface area contributed by atoms with E-state index in [9.17, 15) is 8.42 Å². The van der Waals surface area contributed by atoms with Crippen molar-refractivity contribution in [2.24, 2.45) is 11.7 Å². The van der Waals surface area contributed by atoms with Crippen molar-refractivity contribution < 1.29 is 8.42 Å². The maximum Gasteiger partial charge on any atom is 0.214 e. The largest absolute Gasteiger partial charge is 0.329 e. The maximum absolute atomic E-state index is 12.4. The molecule has 5 heteroatoms. The molecule has 1 aliphatic carbocycles. The molecular weight excluding hydrogens is 236 g/mol. The van der Waals surface area contributed by atoms with Crippen LogP contribution >= 0.6 is 0 Å². The van der Waals surface area contributed by atoms with Crippen LogP contribution in [0.3, 0.4) is 0 Å². The third-order valence-corrected chi connectivity index (χ3v) is 5.90. The fourth-order valence-corrected chi connectivity index (χ4v) is 4.49. The van der Waals surface area contributed by atoms with Crippen molar-refractivity contribution in [1.82, 2.24) is 4.31 Å². The Morgan fingerprint density at radius 3 is 2.29 bits per heavy atom. The molecule has 0 aromatic heterocycles. The Balaban J connectivity index is 2.89. The van der Waals surface area contributed by atoms with Crippen molar-refractivity contribution in [3.05, 3.63) is 0 Å². The lowest BCUT2D eigenvalue weighted by molar-refractivity contribution is 0.206. The molecule has 1 atom stereocenters. The summed E-state index contributed by atoms with van der Waals surface area (Å²) in [6, 6.07) is 0. The number of rotatable bonds is 8. The molecule has 1 saturated carbocycles. The maximum atomic E-state index is 12.4. The van der Waals surface area contributed by atoms with Gasteiger partial charge in [-0.25, -0.2) is 8.42 Å². The zero-order chi connectivity index (χ0) is 13.1. The number of hydrogen-bond acceptors (Lipinski definition) is 3. The molecular formula is C12H26N2O2S. The Kier molecular flexibility index (Phi) is 4.98. The Morgan fingerprint density at radius 2 is 1.94 bits per heavy atom. The zero-order valence-corrected chi connectivity index (χ0v) is 12.1. The van der Waals surface area contributed by atoms with E-state index in [4.69, 9.17) is 5.73 Å². The van der Waals surface area contributed by atoms with Crippen LogP contribution in [0, 0.1) is 5.92 Å². The van der Waals surface area contributed by atoms with Gasteiger partial charge in [0.15, 0.2) is 0 Å². The lowest BCUT2D eigenvalue weighted by Gasteiger charge is -2.39. The van der Waals surface area contributed by atoms with Crippen LogP contribution in [0.25, 0.3) is 0 Å². The van der Waals surface area contributed by atoms with E-state index in [-0.39, 0.29) is 0 Å². The second kappa shape index (κ2) is 5.67. The molecule has 0 saturated heterocycles. The first kappa shape index (κ1) is 14.9. The molecule has 4 nitrogen and oxygen atoms in total. The molecule has 1 rings (SSSR count). The predicted molar refractivity (Wildman–Crippen MR) is 71.3 cm³/mol. The van der Waals surface area contributed by atoms with E-state index in [1.165, 1.54) is 0 Å². The van der Waals surface area contributed by atoms with Crippen LogP contribution in [0.1, 0.15) is 46.5 Å². The quantitative estimate of drug-likeness (QED) is 0.722. The molecule has 0 amide bonds. The average Bonchev–Trinajstić information content (AvgIpc) is 3.07.